The number of anilines is 1. The molecule has 0 fully saturated rings. The van der Waals surface area contributed by atoms with E-state index in [1.807, 2.05) is 26.0 Å². The molecule has 0 aromatic heterocycles. The summed E-state index contributed by atoms with van der Waals surface area (Å²) >= 11 is 0. The van der Waals surface area contributed by atoms with Gasteiger partial charge in [-0.25, -0.2) is 0 Å². The van der Waals surface area contributed by atoms with Gasteiger partial charge in [0.25, 0.3) is 0 Å². The minimum absolute atomic E-state index is 0.233. The molecule has 5 heteroatoms. The van der Waals surface area contributed by atoms with Gasteiger partial charge in [0.15, 0.2) is 0 Å². The zero-order valence-electron chi connectivity index (χ0n) is 9.86. The smallest absolute Gasteiger partial charge is 0.321 e. The molecule has 1 amide bonds. The number of aryl methyl sites for hydroxylation is 2. The number of hydrogen-bond donors (Lipinski definition) is 3. The predicted molar refractivity (Wildman–Crippen MR) is 64.8 cm³/mol. The van der Waals surface area contributed by atoms with E-state index in [-0.39, 0.29) is 6.42 Å². The number of hydrogen-bond acceptors (Lipinski definition) is 3. The van der Waals surface area contributed by atoms with Crippen LogP contribution in [0, 0.1) is 13.8 Å². The summed E-state index contributed by atoms with van der Waals surface area (Å²) in [7, 11) is 0. The Labute approximate surface area is 99.6 Å². The summed E-state index contributed by atoms with van der Waals surface area (Å²) in [5.74, 6) is -1.58. The molecule has 0 aliphatic carbocycles. The van der Waals surface area contributed by atoms with Crippen molar-refractivity contribution in [3.63, 3.8) is 0 Å². The van der Waals surface area contributed by atoms with Gasteiger partial charge in [0.2, 0.25) is 5.91 Å². The molecule has 92 valence electrons. The van der Waals surface area contributed by atoms with Crippen molar-refractivity contribution in [3.05, 3.63) is 29.3 Å². The molecule has 1 unspecified atom stereocenters. The van der Waals surface area contributed by atoms with Crippen LogP contribution in [0.1, 0.15) is 17.5 Å². The molecule has 0 radical (unpaired) electrons. The van der Waals surface area contributed by atoms with Crippen LogP contribution in [0.2, 0.25) is 0 Å². The van der Waals surface area contributed by atoms with E-state index in [1.165, 1.54) is 0 Å². The summed E-state index contributed by atoms with van der Waals surface area (Å²) in [6.07, 6.45) is -0.233. The van der Waals surface area contributed by atoms with Crippen LogP contribution in [0.15, 0.2) is 18.2 Å². The summed E-state index contributed by atoms with van der Waals surface area (Å²) in [5.41, 5.74) is 7.98. The Hall–Kier alpha value is -1.88. The third kappa shape index (κ3) is 3.88. The lowest BCUT2D eigenvalue weighted by molar-refractivity contribution is -0.140. The number of benzene rings is 1. The zero-order chi connectivity index (χ0) is 13.0. The summed E-state index contributed by atoms with van der Waals surface area (Å²) in [6.45, 7) is 3.83. The Bertz CT molecular complexity index is 443. The van der Waals surface area contributed by atoms with Gasteiger partial charge in [-0.2, -0.15) is 0 Å². The van der Waals surface area contributed by atoms with Crippen LogP contribution in [-0.4, -0.2) is 23.0 Å². The highest BCUT2D eigenvalue weighted by atomic mass is 16.4. The second-order valence-corrected chi connectivity index (χ2v) is 4.02. The van der Waals surface area contributed by atoms with Crippen LogP contribution in [0.5, 0.6) is 0 Å². The van der Waals surface area contributed by atoms with Gasteiger partial charge in [-0.15, -0.1) is 0 Å². The number of carbonyl (C=O) groups excluding carboxylic acids is 1. The monoisotopic (exact) mass is 236 g/mol. The molecular weight excluding hydrogens is 220 g/mol. The van der Waals surface area contributed by atoms with E-state index in [1.54, 1.807) is 6.07 Å². The Morgan fingerprint density at radius 1 is 1.41 bits per heavy atom. The first-order chi connectivity index (χ1) is 7.90. The number of aliphatic carboxylic acids is 1. The maximum Gasteiger partial charge on any atom is 0.321 e. The van der Waals surface area contributed by atoms with Gasteiger partial charge >= 0.3 is 5.97 Å². The fourth-order valence-electron chi connectivity index (χ4n) is 1.44. The molecule has 0 saturated carbocycles. The fourth-order valence-corrected chi connectivity index (χ4v) is 1.44. The van der Waals surface area contributed by atoms with Crippen molar-refractivity contribution in [2.24, 2.45) is 5.73 Å². The molecule has 1 rings (SSSR count). The number of nitrogens with one attached hydrogen (secondary N) is 1. The van der Waals surface area contributed by atoms with E-state index in [2.05, 4.69) is 5.32 Å². The molecule has 0 saturated heterocycles. The molecule has 1 aromatic carbocycles. The quantitative estimate of drug-likeness (QED) is 0.728. The lowest BCUT2D eigenvalue weighted by Gasteiger charge is -2.10. The molecule has 4 N–H and O–H groups in total. The van der Waals surface area contributed by atoms with Gasteiger partial charge in [0.05, 0.1) is 6.42 Å². The first-order valence-corrected chi connectivity index (χ1v) is 5.25. The number of carboxylic acid groups (broad SMARTS) is 1. The highest BCUT2D eigenvalue weighted by molar-refractivity contribution is 5.94. The van der Waals surface area contributed by atoms with Crippen molar-refractivity contribution in [2.45, 2.75) is 26.3 Å². The highest BCUT2D eigenvalue weighted by Gasteiger charge is 2.16. The minimum Gasteiger partial charge on any atom is -0.480 e. The van der Waals surface area contributed by atoms with E-state index in [9.17, 15) is 9.59 Å². The molecule has 1 aromatic rings. The van der Waals surface area contributed by atoms with Crippen molar-refractivity contribution in [1.29, 1.82) is 0 Å². The van der Waals surface area contributed by atoms with Gasteiger partial charge < -0.3 is 16.2 Å². The van der Waals surface area contributed by atoms with Gasteiger partial charge in [-0.05, 0) is 25.5 Å². The average Bonchev–Trinajstić information content (AvgIpc) is 2.22. The van der Waals surface area contributed by atoms with Crippen LogP contribution in [0.4, 0.5) is 5.69 Å². The number of rotatable bonds is 4. The first kappa shape index (κ1) is 13.2. The van der Waals surface area contributed by atoms with Crippen LogP contribution >= 0.6 is 0 Å². The van der Waals surface area contributed by atoms with Gasteiger partial charge in [0, 0.05) is 5.69 Å². The van der Waals surface area contributed by atoms with Crippen LogP contribution in [0.25, 0.3) is 0 Å². The third-order valence-corrected chi connectivity index (χ3v) is 2.38. The zero-order valence-corrected chi connectivity index (χ0v) is 9.86. The van der Waals surface area contributed by atoms with Crippen LogP contribution < -0.4 is 11.1 Å². The summed E-state index contributed by atoms with van der Waals surface area (Å²) in [5, 5.41) is 11.2. The Balaban J connectivity index is 2.65. The van der Waals surface area contributed by atoms with Crippen LogP contribution in [0.3, 0.4) is 0 Å². The molecule has 17 heavy (non-hydrogen) atoms. The predicted octanol–water partition coefficient (Wildman–Crippen LogP) is 1.04. The normalized spacial score (nSPS) is 11.9. The second kappa shape index (κ2) is 5.45. The summed E-state index contributed by atoms with van der Waals surface area (Å²) in [6, 6.07) is 4.43. The lowest BCUT2D eigenvalue weighted by atomic mass is 10.1. The third-order valence-electron chi connectivity index (χ3n) is 2.38. The highest BCUT2D eigenvalue weighted by Crippen LogP contribution is 2.16. The summed E-state index contributed by atoms with van der Waals surface area (Å²) in [4.78, 5) is 22.0. The standard InChI is InChI=1S/C12H16N2O3/c1-7-3-4-10(8(2)5-7)14-11(15)6-9(13)12(16)17/h3-5,9H,6,13H2,1-2H3,(H,14,15)(H,16,17). The molecule has 1 atom stereocenters. The number of carbonyl (C=O) groups is 2. The molecule has 5 nitrogen and oxygen atoms in total. The lowest BCUT2D eigenvalue weighted by Crippen LogP contribution is -2.34. The Kier molecular flexibility index (Phi) is 4.23. The topological polar surface area (TPSA) is 92.4 Å². The number of carboxylic acids is 1. The van der Waals surface area contributed by atoms with Crippen molar-refractivity contribution in [1.82, 2.24) is 0 Å². The van der Waals surface area contributed by atoms with E-state index < -0.39 is 17.9 Å². The number of nitrogens with two attached hydrogens (primary N) is 1. The van der Waals surface area contributed by atoms with Crippen molar-refractivity contribution in [3.8, 4) is 0 Å². The number of amides is 1. The maximum absolute atomic E-state index is 11.5. The Morgan fingerprint density at radius 3 is 2.59 bits per heavy atom. The fraction of sp³-hybridized carbons (Fsp3) is 0.333. The molecule has 0 aliphatic heterocycles. The van der Waals surface area contributed by atoms with Gasteiger partial charge in [-0.1, -0.05) is 17.7 Å². The Morgan fingerprint density at radius 2 is 2.06 bits per heavy atom. The average molecular weight is 236 g/mol. The van der Waals surface area contributed by atoms with Gasteiger partial charge in [-0.3, -0.25) is 9.59 Å². The summed E-state index contributed by atoms with van der Waals surface area (Å²) < 4.78 is 0. The molecule has 0 spiro atoms. The van der Waals surface area contributed by atoms with Gasteiger partial charge in [0.1, 0.15) is 6.04 Å². The maximum atomic E-state index is 11.5. The molecular formula is C12H16N2O3. The molecule has 0 heterocycles. The van der Waals surface area contributed by atoms with Crippen LogP contribution in [-0.2, 0) is 9.59 Å². The molecule has 0 aliphatic rings. The molecule has 0 bridgehead atoms. The minimum atomic E-state index is -1.18. The van der Waals surface area contributed by atoms with E-state index >= 15 is 0 Å². The second-order valence-electron chi connectivity index (χ2n) is 4.02. The first-order valence-electron chi connectivity index (χ1n) is 5.25. The van der Waals surface area contributed by atoms with Crippen molar-refractivity contribution in [2.75, 3.05) is 5.32 Å². The van der Waals surface area contributed by atoms with E-state index in [0.29, 0.717) is 5.69 Å². The SMILES string of the molecule is Cc1ccc(NC(=O)CC(N)C(=O)O)c(C)c1. The van der Waals surface area contributed by atoms with Crippen molar-refractivity contribution < 1.29 is 14.7 Å². The largest absolute Gasteiger partial charge is 0.480 e. The van der Waals surface area contributed by atoms with E-state index in [4.69, 9.17) is 10.8 Å². The van der Waals surface area contributed by atoms with E-state index in [0.717, 1.165) is 11.1 Å². The van der Waals surface area contributed by atoms with Crippen molar-refractivity contribution >= 4 is 17.6 Å².